The van der Waals surface area contributed by atoms with Crippen LogP contribution in [0.15, 0.2) is 29.3 Å². The quantitative estimate of drug-likeness (QED) is 0.396. The van der Waals surface area contributed by atoms with Gasteiger partial charge >= 0.3 is 6.03 Å². The molecule has 0 aliphatic carbocycles. The Kier molecular flexibility index (Phi) is 7.03. The van der Waals surface area contributed by atoms with Crippen molar-refractivity contribution in [3.63, 3.8) is 0 Å². The number of hydrogen-bond donors (Lipinski definition) is 3. The summed E-state index contributed by atoms with van der Waals surface area (Å²) in [7, 11) is 0. The molecule has 1 aromatic heterocycles. The summed E-state index contributed by atoms with van der Waals surface area (Å²) in [6.45, 7) is 4.89. The highest BCUT2D eigenvalue weighted by atomic mass is 32.2. The standard InChI is InChI=1S/C23H31N5O3S/c1-14(2)9-10-28-13-24-17-8-7-15(11-16(17)22(28)30)25-20(29)6-4-3-5-19-21-18(12-32-19)26-23(31)27-21/h7-8,11,13-14,18-19,21H,3-6,9-10,12H2,1-2H3,(H,25,29)(H2,26,27,31)/t18-,19-,21-/m0/s1. The fourth-order valence-electron chi connectivity index (χ4n) is 4.29. The summed E-state index contributed by atoms with van der Waals surface area (Å²) in [5, 5.41) is 9.80. The molecule has 0 radical (unpaired) electrons. The third-order valence-electron chi connectivity index (χ3n) is 6.14. The fourth-order valence-corrected chi connectivity index (χ4v) is 5.83. The summed E-state index contributed by atoms with van der Waals surface area (Å²) < 4.78 is 1.64. The number of amides is 3. The Morgan fingerprint density at radius 1 is 1.28 bits per heavy atom. The van der Waals surface area contributed by atoms with Gasteiger partial charge in [0.05, 0.1) is 29.3 Å². The van der Waals surface area contributed by atoms with E-state index in [0.717, 1.165) is 31.4 Å². The number of benzene rings is 1. The van der Waals surface area contributed by atoms with Crippen molar-refractivity contribution in [2.24, 2.45) is 5.92 Å². The highest BCUT2D eigenvalue weighted by Crippen LogP contribution is 2.33. The molecule has 3 N–H and O–H groups in total. The third kappa shape index (κ3) is 5.26. The molecule has 2 saturated heterocycles. The van der Waals surface area contributed by atoms with Crippen LogP contribution in [0.2, 0.25) is 0 Å². The minimum atomic E-state index is -0.0763. The maximum absolute atomic E-state index is 12.8. The maximum atomic E-state index is 12.8. The van der Waals surface area contributed by atoms with E-state index in [-0.39, 0.29) is 29.6 Å². The van der Waals surface area contributed by atoms with Crippen LogP contribution in [-0.4, -0.2) is 44.6 Å². The van der Waals surface area contributed by atoms with Gasteiger partial charge in [0.25, 0.3) is 5.56 Å². The first kappa shape index (κ1) is 22.6. The monoisotopic (exact) mass is 457 g/mol. The van der Waals surface area contributed by atoms with Crippen LogP contribution in [0.1, 0.15) is 46.0 Å². The van der Waals surface area contributed by atoms with Crippen molar-refractivity contribution >= 4 is 40.3 Å². The number of unbranched alkanes of at least 4 members (excludes halogenated alkanes) is 1. The number of aromatic nitrogens is 2. The number of aryl methyl sites for hydroxylation is 1. The largest absolute Gasteiger partial charge is 0.332 e. The van der Waals surface area contributed by atoms with Gasteiger partial charge in [-0.05, 0) is 43.4 Å². The molecule has 0 saturated carbocycles. The molecule has 1 aromatic carbocycles. The molecule has 2 aliphatic heterocycles. The highest BCUT2D eigenvalue weighted by molar-refractivity contribution is 8.00. The van der Waals surface area contributed by atoms with Gasteiger partial charge in [-0.15, -0.1) is 0 Å². The summed E-state index contributed by atoms with van der Waals surface area (Å²) in [5.74, 6) is 1.40. The molecular formula is C23H31N5O3S. The van der Waals surface area contributed by atoms with E-state index in [4.69, 9.17) is 0 Å². The molecule has 172 valence electrons. The maximum Gasteiger partial charge on any atom is 0.315 e. The van der Waals surface area contributed by atoms with E-state index in [2.05, 4.69) is 34.8 Å². The molecule has 3 amide bonds. The lowest BCUT2D eigenvalue weighted by Crippen LogP contribution is -2.36. The van der Waals surface area contributed by atoms with Gasteiger partial charge in [-0.2, -0.15) is 11.8 Å². The number of fused-ring (bicyclic) bond motifs is 2. The molecule has 32 heavy (non-hydrogen) atoms. The molecule has 3 heterocycles. The van der Waals surface area contributed by atoms with Gasteiger partial charge in [-0.1, -0.05) is 20.3 Å². The van der Waals surface area contributed by atoms with Crippen LogP contribution >= 0.6 is 11.8 Å². The summed E-state index contributed by atoms with van der Waals surface area (Å²) in [6.07, 6.45) is 5.65. The number of nitrogens with zero attached hydrogens (tertiary/aromatic N) is 2. The Balaban J connectivity index is 1.28. The van der Waals surface area contributed by atoms with Crippen LogP contribution in [0.5, 0.6) is 0 Å². The number of urea groups is 1. The van der Waals surface area contributed by atoms with Crippen LogP contribution in [0.4, 0.5) is 10.5 Å². The lowest BCUT2D eigenvalue weighted by Gasteiger charge is -2.16. The summed E-state index contributed by atoms with van der Waals surface area (Å²) in [6, 6.07) is 5.66. The topological polar surface area (TPSA) is 105 Å². The molecule has 8 nitrogen and oxygen atoms in total. The van der Waals surface area contributed by atoms with Crippen LogP contribution < -0.4 is 21.5 Å². The summed E-state index contributed by atoms with van der Waals surface area (Å²) >= 11 is 1.89. The van der Waals surface area contributed by atoms with Gasteiger partial charge in [0.1, 0.15) is 0 Å². The van der Waals surface area contributed by atoms with Crippen molar-refractivity contribution in [1.82, 2.24) is 20.2 Å². The lowest BCUT2D eigenvalue weighted by atomic mass is 10.0. The molecule has 0 spiro atoms. The molecule has 2 aromatic rings. The molecule has 9 heteroatoms. The van der Waals surface area contributed by atoms with E-state index in [9.17, 15) is 14.4 Å². The van der Waals surface area contributed by atoms with E-state index in [1.165, 1.54) is 0 Å². The average Bonchev–Trinajstić information content (AvgIpc) is 3.30. The molecule has 2 fully saturated rings. The average molecular weight is 458 g/mol. The number of hydrogen-bond acceptors (Lipinski definition) is 5. The SMILES string of the molecule is CC(C)CCn1cnc2ccc(NC(=O)CCCC[C@@H]3SC[C@@H]4NC(=O)N[C@@H]43)cc2c1=O. The molecule has 4 rings (SSSR count). The molecule has 0 unspecified atom stereocenters. The van der Waals surface area contributed by atoms with Crippen molar-refractivity contribution < 1.29 is 9.59 Å². The van der Waals surface area contributed by atoms with E-state index in [0.29, 0.717) is 40.7 Å². The minimum Gasteiger partial charge on any atom is -0.332 e. The van der Waals surface area contributed by atoms with E-state index in [1.807, 2.05) is 11.8 Å². The predicted octanol–water partition coefficient (Wildman–Crippen LogP) is 3.11. The van der Waals surface area contributed by atoms with Crippen molar-refractivity contribution in [3.8, 4) is 0 Å². The van der Waals surface area contributed by atoms with Crippen LogP contribution in [0, 0.1) is 5.92 Å². The fraction of sp³-hybridized carbons (Fsp3) is 0.565. The Bertz CT molecular complexity index is 1050. The van der Waals surface area contributed by atoms with Gasteiger partial charge in [0, 0.05) is 29.7 Å². The molecule has 2 aliphatic rings. The Morgan fingerprint density at radius 2 is 2.12 bits per heavy atom. The second-order valence-electron chi connectivity index (χ2n) is 9.07. The molecule has 0 bridgehead atoms. The third-order valence-corrected chi connectivity index (χ3v) is 7.64. The smallest absolute Gasteiger partial charge is 0.315 e. The van der Waals surface area contributed by atoms with Gasteiger partial charge in [0.15, 0.2) is 0 Å². The first-order valence-corrected chi connectivity index (χ1v) is 12.4. The minimum absolute atomic E-state index is 0.0545. The summed E-state index contributed by atoms with van der Waals surface area (Å²) in [4.78, 5) is 41.1. The number of carbonyl (C=O) groups excluding carboxylic acids is 2. The van der Waals surface area contributed by atoms with E-state index in [1.54, 1.807) is 29.1 Å². The van der Waals surface area contributed by atoms with Crippen LogP contribution in [0.25, 0.3) is 10.9 Å². The lowest BCUT2D eigenvalue weighted by molar-refractivity contribution is -0.116. The number of nitrogens with one attached hydrogen (secondary N) is 3. The number of thioether (sulfide) groups is 1. The van der Waals surface area contributed by atoms with Gasteiger partial charge in [-0.3, -0.25) is 14.2 Å². The van der Waals surface area contributed by atoms with Crippen LogP contribution in [-0.2, 0) is 11.3 Å². The zero-order valence-corrected chi connectivity index (χ0v) is 19.4. The number of rotatable bonds is 9. The van der Waals surface area contributed by atoms with E-state index >= 15 is 0 Å². The molecular weight excluding hydrogens is 426 g/mol. The second kappa shape index (κ2) is 9.94. The highest BCUT2D eigenvalue weighted by Gasteiger charge is 2.42. The number of carbonyl (C=O) groups is 2. The Hall–Kier alpha value is -2.55. The Morgan fingerprint density at radius 3 is 2.94 bits per heavy atom. The molecule has 3 atom stereocenters. The first-order valence-electron chi connectivity index (χ1n) is 11.4. The first-order chi connectivity index (χ1) is 15.4. The van der Waals surface area contributed by atoms with E-state index < -0.39 is 0 Å². The Labute approximate surface area is 191 Å². The summed E-state index contributed by atoms with van der Waals surface area (Å²) in [5.41, 5.74) is 1.18. The predicted molar refractivity (Wildman–Crippen MR) is 128 cm³/mol. The van der Waals surface area contributed by atoms with Crippen molar-refractivity contribution in [2.45, 2.75) is 69.8 Å². The zero-order valence-electron chi connectivity index (χ0n) is 18.6. The zero-order chi connectivity index (χ0) is 22.7. The van der Waals surface area contributed by atoms with Gasteiger partial charge < -0.3 is 16.0 Å². The normalized spacial score (nSPS) is 22.1. The second-order valence-corrected chi connectivity index (χ2v) is 10.3. The van der Waals surface area contributed by atoms with Crippen molar-refractivity contribution in [3.05, 3.63) is 34.9 Å². The van der Waals surface area contributed by atoms with Crippen molar-refractivity contribution in [2.75, 3.05) is 11.1 Å². The number of anilines is 1. The van der Waals surface area contributed by atoms with Gasteiger partial charge in [-0.25, -0.2) is 9.78 Å². The van der Waals surface area contributed by atoms with Crippen LogP contribution in [0.3, 0.4) is 0 Å². The van der Waals surface area contributed by atoms with Gasteiger partial charge in [0.2, 0.25) is 5.91 Å². The van der Waals surface area contributed by atoms with Crippen molar-refractivity contribution in [1.29, 1.82) is 0 Å².